The normalized spacial score (nSPS) is 10.4. The Labute approximate surface area is 160 Å². The molecule has 2 aromatic heterocycles. The monoisotopic (exact) mass is 360 g/mol. The first-order chi connectivity index (χ1) is 13.2. The molecular weight excluding hydrogens is 336 g/mol. The molecule has 0 saturated carbocycles. The van der Waals surface area contributed by atoms with E-state index in [9.17, 15) is 4.79 Å². The van der Waals surface area contributed by atoms with Crippen LogP contribution >= 0.6 is 0 Å². The van der Waals surface area contributed by atoms with Crippen molar-refractivity contribution in [1.29, 1.82) is 0 Å². The van der Waals surface area contributed by atoms with E-state index in [1.54, 1.807) is 29.7 Å². The van der Waals surface area contributed by atoms with Crippen molar-refractivity contribution in [2.24, 2.45) is 0 Å². The maximum atomic E-state index is 12.7. The van der Waals surface area contributed by atoms with Gasteiger partial charge >= 0.3 is 0 Å². The van der Waals surface area contributed by atoms with Crippen molar-refractivity contribution < 1.29 is 4.79 Å². The van der Waals surface area contributed by atoms with Crippen molar-refractivity contribution in [2.45, 2.75) is 12.8 Å². The van der Waals surface area contributed by atoms with E-state index >= 15 is 0 Å². The fourth-order valence-corrected chi connectivity index (χ4v) is 2.82. The number of nitrogens with zero attached hydrogens (tertiary/aromatic N) is 3. The Morgan fingerprint density at radius 2 is 1.70 bits per heavy atom. The topological polar surface area (TPSA) is 58.1 Å². The number of pyridine rings is 2. The molecule has 5 heteroatoms. The number of aromatic nitrogens is 2. The number of hydrogen-bond donors (Lipinski definition) is 1. The molecule has 0 saturated heterocycles. The van der Waals surface area contributed by atoms with Gasteiger partial charge in [-0.2, -0.15) is 0 Å². The third-order valence-corrected chi connectivity index (χ3v) is 4.40. The summed E-state index contributed by atoms with van der Waals surface area (Å²) in [6, 6.07) is 16.1. The fraction of sp³-hybridized carbons (Fsp3) is 0.227. The molecule has 0 aliphatic heterocycles. The summed E-state index contributed by atoms with van der Waals surface area (Å²) in [6.45, 7) is 1.44. The van der Waals surface area contributed by atoms with Crippen LogP contribution in [0.2, 0.25) is 0 Å². The molecule has 1 aromatic carbocycles. The van der Waals surface area contributed by atoms with Gasteiger partial charge in [0.25, 0.3) is 5.91 Å². The summed E-state index contributed by atoms with van der Waals surface area (Å²) < 4.78 is 0. The lowest BCUT2D eigenvalue weighted by Crippen LogP contribution is -2.29. The summed E-state index contributed by atoms with van der Waals surface area (Å²) in [4.78, 5) is 22.6. The SMILES string of the molecule is CN(CCc1ccncc1)C(=O)c1cncc(NCCc2ccccc2)c1. The number of hydrogen-bond acceptors (Lipinski definition) is 4. The second kappa shape index (κ2) is 9.48. The first-order valence-electron chi connectivity index (χ1n) is 9.09. The molecular formula is C22H24N4O. The Kier molecular flexibility index (Phi) is 6.52. The molecule has 0 unspecified atom stereocenters. The van der Waals surface area contributed by atoms with Crippen LogP contribution < -0.4 is 5.32 Å². The average molecular weight is 360 g/mol. The molecule has 0 radical (unpaired) electrons. The number of carbonyl (C=O) groups is 1. The molecule has 0 spiro atoms. The Morgan fingerprint density at radius 1 is 0.963 bits per heavy atom. The minimum atomic E-state index is -0.0248. The van der Waals surface area contributed by atoms with Gasteiger partial charge in [0.1, 0.15) is 0 Å². The number of carbonyl (C=O) groups excluding carboxylic acids is 1. The summed E-state index contributed by atoms with van der Waals surface area (Å²) in [5, 5.41) is 3.34. The molecule has 0 bridgehead atoms. The van der Waals surface area contributed by atoms with Gasteiger partial charge in [0.2, 0.25) is 0 Å². The highest BCUT2D eigenvalue weighted by molar-refractivity contribution is 5.94. The van der Waals surface area contributed by atoms with Gasteiger partial charge in [0.05, 0.1) is 11.3 Å². The highest BCUT2D eigenvalue weighted by Crippen LogP contribution is 2.11. The van der Waals surface area contributed by atoms with E-state index in [4.69, 9.17) is 0 Å². The van der Waals surface area contributed by atoms with Crippen LogP contribution in [-0.4, -0.2) is 40.9 Å². The van der Waals surface area contributed by atoms with Crippen molar-refractivity contribution in [3.05, 3.63) is 90.0 Å². The molecule has 1 N–H and O–H groups in total. The van der Waals surface area contributed by atoms with Gasteiger partial charge in [-0.3, -0.25) is 14.8 Å². The molecule has 27 heavy (non-hydrogen) atoms. The zero-order chi connectivity index (χ0) is 18.9. The van der Waals surface area contributed by atoms with Crippen molar-refractivity contribution in [2.75, 3.05) is 25.5 Å². The molecule has 1 amide bonds. The molecule has 0 aliphatic rings. The average Bonchev–Trinajstić information content (AvgIpc) is 2.73. The molecule has 138 valence electrons. The van der Waals surface area contributed by atoms with Crippen molar-refractivity contribution in [3.8, 4) is 0 Å². The van der Waals surface area contributed by atoms with Crippen LogP contribution in [-0.2, 0) is 12.8 Å². The quantitative estimate of drug-likeness (QED) is 0.668. The van der Waals surface area contributed by atoms with Gasteiger partial charge < -0.3 is 10.2 Å². The zero-order valence-corrected chi connectivity index (χ0v) is 15.5. The van der Waals surface area contributed by atoms with Gasteiger partial charge in [-0.1, -0.05) is 30.3 Å². The van der Waals surface area contributed by atoms with Crippen LogP contribution in [0.3, 0.4) is 0 Å². The van der Waals surface area contributed by atoms with Crippen molar-refractivity contribution >= 4 is 11.6 Å². The summed E-state index contributed by atoms with van der Waals surface area (Å²) in [5.74, 6) is -0.0248. The third kappa shape index (κ3) is 5.64. The molecule has 0 fully saturated rings. The highest BCUT2D eigenvalue weighted by Gasteiger charge is 2.12. The predicted molar refractivity (Wildman–Crippen MR) is 108 cm³/mol. The van der Waals surface area contributed by atoms with E-state index in [0.717, 1.165) is 25.1 Å². The molecule has 3 aromatic rings. The minimum absolute atomic E-state index is 0.0248. The number of likely N-dealkylation sites (N-methyl/N-ethyl adjacent to an activating group) is 1. The molecule has 0 aliphatic carbocycles. The van der Waals surface area contributed by atoms with Crippen LogP contribution in [0.4, 0.5) is 5.69 Å². The van der Waals surface area contributed by atoms with Crippen LogP contribution in [0, 0.1) is 0 Å². The number of anilines is 1. The van der Waals surface area contributed by atoms with Gasteiger partial charge in [0.15, 0.2) is 0 Å². The first-order valence-corrected chi connectivity index (χ1v) is 9.09. The fourth-order valence-electron chi connectivity index (χ4n) is 2.82. The third-order valence-electron chi connectivity index (χ3n) is 4.40. The lowest BCUT2D eigenvalue weighted by atomic mass is 10.1. The molecule has 3 rings (SSSR count). The maximum Gasteiger partial charge on any atom is 0.255 e. The van der Waals surface area contributed by atoms with E-state index in [2.05, 4.69) is 27.4 Å². The highest BCUT2D eigenvalue weighted by atomic mass is 16.2. The number of amides is 1. The lowest BCUT2D eigenvalue weighted by Gasteiger charge is -2.17. The van der Waals surface area contributed by atoms with Gasteiger partial charge in [-0.25, -0.2) is 0 Å². The van der Waals surface area contributed by atoms with Crippen molar-refractivity contribution in [3.63, 3.8) is 0 Å². The van der Waals surface area contributed by atoms with E-state index in [0.29, 0.717) is 12.1 Å². The van der Waals surface area contributed by atoms with E-state index in [1.165, 1.54) is 11.1 Å². The Hall–Kier alpha value is -3.21. The molecule has 5 nitrogen and oxygen atoms in total. The van der Waals surface area contributed by atoms with Crippen LogP contribution in [0.25, 0.3) is 0 Å². The van der Waals surface area contributed by atoms with E-state index < -0.39 is 0 Å². The van der Waals surface area contributed by atoms with Crippen LogP contribution in [0.15, 0.2) is 73.3 Å². The summed E-state index contributed by atoms with van der Waals surface area (Å²) >= 11 is 0. The van der Waals surface area contributed by atoms with Gasteiger partial charge in [-0.05, 0) is 42.2 Å². The Balaban J connectivity index is 1.53. The summed E-state index contributed by atoms with van der Waals surface area (Å²) in [7, 11) is 1.82. The smallest absolute Gasteiger partial charge is 0.255 e. The standard InChI is InChI=1S/C22H24N4O/c1-26(14-10-19-7-11-23-12-8-19)22(27)20-15-21(17-24-16-20)25-13-9-18-5-3-2-4-6-18/h2-8,11-12,15-17,25H,9-10,13-14H2,1H3. The number of rotatable bonds is 8. The van der Waals surface area contributed by atoms with Crippen molar-refractivity contribution in [1.82, 2.24) is 14.9 Å². The molecule has 0 atom stereocenters. The van der Waals surface area contributed by atoms with Gasteiger partial charge in [-0.15, -0.1) is 0 Å². The second-order valence-corrected chi connectivity index (χ2v) is 6.46. The molecule has 2 heterocycles. The summed E-state index contributed by atoms with van der Waals surface area (Å²) in [5.41, 5.74) is 3.90. The first kappa shape index (κ1) is 18.6. The minimum Gasteiger partial charge on any atom is -0.383 e. The van der Waals surface area contributed by atoms with Crippen LogP contribution in [0.5, 0.6) is 0 Å². The summed E-state index contributed by atoms with van der Waals surface area (Å²) in [6.07, 6.45) is 8.63. The Morgan fingerprint density at radius 3 is 2.48 bits per heavy atom. The van der Waals surface area contributed by atoms with E-state index in [1.807, 2.05) is 43.4 Å². The lowest BCUT2D eigenvalue weighted by molar-refractivity contribution is 0.0796. The number of nitrogens with one attached hydrogen (secondary N) is 1. The predicted octanol–water partition coefficient (Wildman–Crippen LogP) is 3.45. The number of benzene rings is 1. The largest absolute Gasteiger partial charge is 0.383 e. The second-order valence-electron chi connectivity index (χ2n) is 6.46. The maximum absolute atomic E-state index is 12.7. The Bertz CT molecular complexity index is 852. The van der Waals surface area contributed by atoms with Crippen LogP contribution in [0.1, 0.15) is 21.5 Å². The van der Waals surface area contributed by atoms with E-state index in [-0.39, 0.29) is 5.91 Å². The van der Waals surface area contributed by atoms with Gasteiger partial charge in [0, 0.05) is 44.9 Å². The zero-order valence-electron chi connectivity index (χ0n) is 15.5.